The third kappa shape index (κ3) is 4.02. The molecule has 24 heavy (non-hydrogen) atoms. The Morgan fingerprint density at radius 2 is 2.00 bits per heavy atom. The summed E-state index contributed by atoms with van der Waals surface area (Å²) in [6, 6.07) is 11.9. The van der Waals surface area contributed by atoms with Crippen LogP contribution in [0.2, 0.25) is 0 Å². The fraction of sp³-hybridized carbons (Fsp3) is 0.250. The highest BCUT2D eigenvalue weighted by atomic mass is 19.1. The van der Waals surface area contributed by atoms with Crippen LogP contribution in [0.25, 0.3) is 6.08 Å². The van der Waals surface area contributed by atoms with Gasteiger partial charge in [-0.05, 0) is 48.7 Å². The van der Waals surface area contributed by atoms with Crippen LogP contribution in [0.1, 0.15) is 24.0 Å². The molecule has 0 aromatic heterocycles. The summed E-state index contributed by atoms with van der Waals surface area (Å²) in [5, 5.41) is 0. The summed E-state index contributed by atoms with van der Waals surface area (Å²) >= 11 is 0. The van der Waals surface area contributed by atoms with Gasteiger partial charge in [0.25, 0.3) is 0 Å². The van der Waals surface area contributed by atoms with Crippen LogP contribution in [0.3, 0.4) is 0 Å². The first kappa shape index (κ1) is 16.2. The monoisotopic (exact) mass is 326 g/mol. The van der Waals surface area contributed by atoms with Crippen molar-refractivity contribution in [3.63, 3.8) is 0 Å². The Morgan fingerprint density at radius 3 is 2.71 bits per heavy atom. The van der Waals surface area contributed by atoms with Gasteiger partial charge in [0.15, 0.2) is 17.3 Å². The molecule has 4 heteroatoms. The fourth-order valence-corrected chi connectivity index (χ4v) is 2.41. The minimum Gasteiger partial charge on any atom is -0.496 e. The molecule has 0 amide bonds. The van der Waals surface area contributed by atoms with Crippen LogP contribution >= 0.6 is 0 Å². The van der Waals surface area contributed by atoms with Crippen molar-refractivity contribution in [1.29, 1.82) is 0 Å². The van der Waals surface area contributed by atoms with Crippen LogP contribution in [0.15, 0.2) is 48.5 Å². The first-order valence-electron chi connectivity index (χ1n) is 7.93. The van der Waals surface area contributed by atoms with Crippen LogP contribution < -0.4 is 9.47 Å². The van der Waals surface area contributed by atoms with E-state index < -0.39 is 5.82 Å². The van der Waals surface area contributed by atoms with Crippen molar-refractivity contribution in [2.75, 3.05) is 7.11 Å². The van der Waals surface area contributed by atoms with Gasteiger partial charge in [-0.2, -0.15) is 0 Å². The molecule has 1 saturated carbocycles. The van der Waals surface area contributed by atoms with E-state index >= 15 is 0 Å². The summed E-state index contributed by atoms with van der Waals surface area (Å²) < 4.78 is 24.5. The van der Waals surface area contributed by atoms with E-state index in [2.05, 4.69) is 0 Å². The van der Waals surface area contributed by atoms with Crippen LogP contribution in [0.5, 0.6) is 11.5 Å². The molecule has 0 atom stereocenters. The Labute approximate surface area is 140 Å². The lowest BCUT2D eigenvalue weighted by Crippen LogP contribution is -2.00. The number of allylic oxidation sites excluding steroid dienone is 1. The standard InChI is InChI=1S/C20H19FO3/c1-23-19-11-7-14(6-10-18(22)15-8-9-15)12-16(19)13-24-20-5-3-2-4-17(20)21/h2-7,10-12,15H,8-9,13H2,1H3. The molecule has 0 spiro atoms. The zero-order chi connectivity index (χ0) is 16.9. The van der Waals surface area contributed by atoms with Gasteiger partial charge in [-0.15, -0.1) is 0 Å². The van der Waals surface area contributed by atoms with Crippen molar-refractivity contribution in [1.82, 2.24) is 0 Å². The third-order valence-electron chi connectivity index (χ3n) is 3.94. The second-order valence-corrected chi connectivity index (χ2v) is 5.80. The minimum absolute atomic E-state index is 0.176. The SMILES string of the molecule is COc1ccc(C=CC(=O)C2CC2)cc1COc1ccccc1F. The lowest BCUT2D eigenvalue weighted by Gasteiger charge is -2.11. The third-order valence-corrected chi connectivity index (χ3v) is 3.94. The molecule has 1 aliphatic carbocycles. The van der Waals surface area contributed by atoms with Gasteiger partial charge < -0.3 is 9.47 Å². The number of methoxy groups -OCH3 is 1. The van der Waals surface area contributed by atoms with Crippen LogP contribution in [0, 0.1) is 11.7 Å². The predicted octanol–water partition coefficient (Wildman–Crippen LogP) is 4.41. The van der Waals surface area contributed by atoms with Crippen LogP contribution in [0.4, 0.5) is 4.39 Å². The molecule has 0 saturated heterocycles. The minimum atomic E-state index is -0.400. The van der Waals surface area contributed by atoms with Gasteiger partial charge >= 0.3 is 0 Å². The Kier molecular flexibility index (Phi) is 4.94. The first-order chi connectivity index (χ1) is 11.7. The molecular weight excluding hydrogens is 307 g/mol. The molecule has 0 bridgehead atoms. The maximum Gasteiger partial charge on any atom is 0.165 e. The summed E-state index contributed by atoms with van der Waals surface area (Å²) in [4.78, 5) is 11.8. The Hall–Kier alpha value is -2.62. The van der Waals surface area contributed by atoms with E-state index in [9.17, 15) is 9.18 Å². The second kappa shape index (κ2) is 7.30. The molecular formula is C20H19FO3. The Morgan fingerprint density at radius 1 is 1.21 bits per heavy atom. The van der Waals surface area contributed by atoms with Crippen molar-refractivity contribution in [3.05, 3.63) is 65.5 Å². The summed E-state index contributed by atoms with van der Waals surface area (Å²) in [5.74, 6) is 0.849. The lowest BCUT2D eigenvalue weighted by atomic mass is 10.1. The topological polar surface area (TPSA) is 35.5 Å². The maximum atomic E-state index is 13.6. The van der Waals surface area contributed by atoms with E-state index in [-0.39, 0.29) is 24.1 Å². The quantitative estimate of drug-likeness (QED) is 0.707. The number of para-hydroxylation sites is 1. The predicted molar refractivity (Wildman–Crippen MR) is 90.5 cm³/mol. The number of halogens is 1. The molecule has 0 heterocycles. The van der Waals surface area contributed by atoms with Crippen molar-refractivity contribution in [2.45, 2.75) is 19.4 Å². The molecule has 3 rings (SSSR count). The molecule has 0 aliphatic heterocycles. The van der Waals surface area contributed by atoms with E-state index in [1.807, 2.05) is 18.2 Å². The van der Waals surface area contributed by atoms with Gasteiger partial charge in [0.1, 0.15) is 12.4 Å². The van der Waals surface area contributed by atoms with Gasteiger partial charge in [-0.25, -0.2) is 4.39 Å². The number of carbonyl (C=O) groups is 1. The largest absolute Gasteiger partial charge is 0.496 e. The zero-order valence-electron chi connectivity index (χ0n) is 13.5. The summed E-state index contributed by atoms with van der Waals surface area (Å²) in [6.45, 7) is 0.183. The Balaban J connectivity index is 1.74. The maximum absolute atomic E-state index is 13.6. The molecule has 124 valence electrons. The highest BCUT2D eigenvalue weighted by Crippen LogP contribution is 2.30. The smallest absolute Gasteiger partial charge is 0.165 e. The number of ketones is 1. The molecule has 3 nitrogen and oxygen atoms in total. The number of rotatable bonds is 7. The van der Waals surface area contributed by atoms with Crippen molar-refractivity contribution in [2.24, 2.45) is 5.92 Å². The number of ether oxygens (including phenoxy) is 2. The van der Waals surface area contributed by atoms with Crippen LogP contribution in [-0.4, -0.2) is 12.9 Å². The normalized spacial score (nSPS) is 13.9. The van der Waals surface area contributed by atoms with Gasteiger partial charge in [-0.1, -0.05) is 24.3 Å². The van der Waals surface area contributed by atoms with E-state index in [4.69, 9.17) is 9.47 Å². The molecule has 0 N–H and O–H groups in total. The van der Waals surface area contributed by atoms with E-state index in [1.54, 1.807) is 37.5 Å². The van der Waals surface area contributed by atoms with E-state index in [0.717, 1.165) is 24.0 Å². The Bertz CT molecular complexity index is 763. The average molecular weight is 326 g/mol. The molecule has 0 unspecified atom stereocenters. The first-order valence-corrected chi connectivity index (χ1v) is 7.93. The number of carbonyl (C=O) groups excluding carboxylic acids is 1. The van der Waals surface area contributed by atoms with Gasteiger partial charge in [0, 0.05) is 11.5 Å². The molecule has 2 aromatic carbocycles. The molecule has 1 fully saturated rings. The van der Waals surface area contributed by atoms with Crippen LogP contribution in [-0.2, 0) is 11.4 Å². The number of benzene rings is 2. The molecule has 0 radical (unpaired) electrons. The van der Waals surface area contributed by atoms with Crippen molar-refractivity contribution >= 4 is 11.9 Å². The average Bonchev–Trinajstić information content (AvgIpc) is 3.44. The number of hydrogen-bond donors (Lipinski definition) is 0. The molecule has 1 aliphatic rings. The summed E-state index contributed by atoms with van der Waals surface area (Å²) in [7, 11) is 1.58. The van der Waals surface area contributed by atoms with Gasteiger partial charge in [0.05, 0.1) is 7.11 Å². The molecule has 2 aromatic rings. The fourth-order valence-electron chi connectivity index (χ4n) is 2.41. The van der Waals surface area contributed by atoms with Crippen molar-refractivity contribution in [3.8, 4) is 11.5 Å². The van der Waals surface area contributed by atoms with E-state index in [0.29, 0.717) is 5.75 Å². The highest BCUT2D eigenvalue weighted by Gasteiger charge is 2.27. The van der Waals surface area contributed by atoms with Gasteiger partial charge in [-0.3, -0.25) is 4.79 Å². The summed E-state index contributed by atoms with van der Waals surface area (Å²) in [6.07, 6.45) is 5.41. The van der Waals surface area contributed by atoms with E-state index in [1.165, 1.54) is 6.07 Å². The highest BCUT2D eigenvalue weighted by molar-refractivity contribution is 5.96. The van der Waals surface area contributed by atoms with Crippen molar-refractivity contribution < 1.29 is 18.7 Å². The second-order valence-electron chi connectivity index (χ2n) is 5.80. The summed E-state index contributed by atoms with van der Waals surface area (Å²) in [5.41, 5.74) is 1.68. The number of hydrogen-bond acceptors (Lipinski definition) is 3. The van der Waals surface area contributed by atoms with Gasteiger partial charge in [0.2, 0.25) is 0 Å². The zero-order valence-corrected chi connectivity index (χ0v) is 13.5. The lowest BCUT2D eigenvalue weighted by molar-refractivity contribution is -0.115.